The SMILES string of the molecule is CNC(Cc1cc(F)ccc1C)c1ccc(F)cc1Br. The van der Waals surface area contributed by atoms with E-state index in [0.29, 0.717) is 10.9 Å². The summed E-state index contributed by atoms with van der Waals surface area (Å²) in [7, 11) is 1.84. The monoisotopic (exact) mass is 339 g/mol. The Labute approximate surface area is 126 Å². The molecule has 0 aromatic heterocycles. The minimum atomic E-state index is -0.280. The van der Waals surface area contributed by atoms with E-state index >= 15 is 0 Å². The average molecular weight is 340 g/mol. The van der Waals surface area contributed by atoms with Crippen LogP contribution in [0.5, 0.6) is 0 Å². The zero-order chi connectivity index (χ0) is 14.7. The zero-order valence-electron chi connectivity index (χ0n) is 11.4. The Morgan fingerprint density at radius 1 is 1.10 bits per heavy atom. The standard InChI is InChI=1S/C16H16BrF2N/c1-10-3-4-12(18)7-11(10)8-16(20-2)14-6-5-13(19)9-15(14)17/h3-7,9,16,20H,8H2,1-2H3. The van der Waals surface area contributed by atoms with Gasteiger partial charge in [-0.1, -0.05) is 28.1 Å². The van der Waals surface area contributed by atoms with Crippen LogP contribution in [0, 0.1) is 18.6 Å². The molecule has 0 aliphatic rings. The molecule has 0 spiro atoms. The molecular formula is C16H16BrF2N. The fourth-order valence-corrected chi connectivity index (χ4v) is 2.86. The summed E-state index contributed by atoms with van der Waals surface area (Å²) in [4.78, 5) is 0. The molecule has 0 bridgehead atoms. The maximum Gasteiger partial charge on any atom is 0.124 e. The Hall–Kier alpha value is -1.26. The normalized spacial score (nSPS) is 12.4. The fourth-order valence-electron chi connectivity index (χ4n) is 2.23. The molecule has 4 heteroatoms. The van der Waals surface area contributed by atoms with Gasteiger partial charge in [-0.05, 0) is 61.3 Å². The molecule has 106 valence electrons. The molecule has 2 aromatic carbocycles. The predicted molar refractivity (Wildman–Crippen MR) is 80.7 cm³/mol. The van der Waals surface area contributed by atoms with Gasteiger partial charge < -0.3 is 5.32 Å². The number of likely N-dealkylation sites (N-methyl/N-ethyl adjacent to an activating group) is 1. The maximum absolute atomic E-state index is 13.4. The highest BCUT2D eigenvalue weighted by molar-refractivity contribution is 9.10. The number of hydrogen-bond acceptors (Lipinski definition) is 1. The van der Waals surface area contributed by atoms with Gasteiger partial charge in [-0.3, -0.25) is 0 Å². The van der Waals surface area contributed by atoms with E-state index in [1.807, 2.05) is 14.0 Å². The first-order valence-corrected chi connectivity index (χ1v) is 7.18. The minimum Gasteiger partial charge on any atom is -0.313 e. The van der Waals surface area contributed by atoms with Crippen LogP contribution in [0.15, 0.2) is 40.9 Å². The third kappa shape index (κ3) is 3.44. The van der Waals surface area contributed by atoms with Crippen molar-refractivity contribution >= 4 is 15.9 Å². The van der Waals surface area contributed by atoms with E-state index in [2.05, 4.69) is 21.2 Å². The van der Waals surface area contributed by atoms with Gasteiger partial charge in [-0.2, -0.15) is 0 Å². The summed E-state index contributed by atoms with van der Waals surface area (Å²) < 4.78 is 27.2. The smallest absolute Gasteiger partial charge is 0.124 e. The number of halogens is 3. The molecular weight excluding hydrogens is 324 g/mol. The van der Waals surface area contributed by atoms with Crippen LogP contribution in [0.2, 0.25) is 0 Å². The van der Waals surface area contributed by atoms with Gasteiger partial charge in [0.05, 0.1) is 0 Å². The van der Waals surface area contributed by atoms with Crippen molar-refractivity contribution in [3.63, 3.8) is 0 Å². The second-order valence-electron chi connectivity index (χ2n) is 4.78. The van der Waals surface area contributed by atoms with Gasteiger partial charge in [0.15, 0.2) is 0 Å². The maximum atomic E-state index is 13.4. The third-order valence-corrected chi connectivity index (χ3v) is 4.11. The lowest BCUT2D eigenvalue weighted by atomic mass is 9.96. The molecule has 0 aliphatic carbocycles. The van der Waals surface area contributed by atoms with E-state index < -0.39 is 0 Å². The molecule has 2 rings (SSSR count). The minimum absolute atomic E-state index is 0.00882. The lowest BCUT2D eigenvalue weighted by molar-refractivity contribution is 0.576. The molecule has 1 N–H and O–H groups in total. The lowest BCUT2D eigenvalue weighted by Crippen LogP contribution is -2.20. The molecule has 20 heavy (non-hydrogen) atoms. The summed E-state index contributed by atoms with van der Waals surface area (Å²) in [6, 6.07) is 9.40. The van der Waals surface area contributed by atoms with E-state index in [4.69, 9.17) is 0 Å². The van der Waals surface area contributed by atoms with Crippen LogP contribution >= 0.6 is 15.9 Å². The summed E-state index contributed by atoms with van der Waals surface area (Å²) in [5.41, 5.74) is 2.95. The average Bonchev–Trinajstić information content (AvgIpc) is 2.40. The molecule has 0 aliphatic heterocycles. The van der Waals surface area contributed by atoms with Crippen LogP contribution in [0.25, 0.3) is 0 Å². The van der Waals surface area contributed by atoms with Crippen molar-refractivity contribution in [1.82, 2.24) is 5.32 Å². The third-order valence-electron chi connectivity index (χ3n) is 3.42. The van der Waals surface area contributed by atoms with Crippen molar-refractivity contribution in [2.24, 2.45) is 0 Å². The van der Waals surface area contributed by atoms with Crippen LogP contribution in [-0.2, 0) is 6.42 Å². The first-order chi connectivity index (χ1) is 9.51. The molecule has 1 atom stereocenters. The van der Waals surface area contributed by atoms with Gasteiger partial charge in [0, 0.05) is 10.5 Å². The topological polar surface area (TPSA) is 12.0 Å². The second-order valence-corrected chi connectivity index (χ2v) is 5.64. The lowest BCUT2D eigenvalue weighted by Gasteiger charge is -2.19. The van der Waals surface area contributed by atoms with E-state index in [1.54, 1.807) is 18.2 Å². The Balaban J connectivity index is 2.31. The number of hydrogen-bond donors (Lipinski definition) is 1. The van der Waals surface area contributed by atoms with Gasteiger partial charge in [-0.15, -0.1) is 0 Å². The summed E-state index contributed by atoms with van der Waals surface area (Å²) in [5.74, 6) is -0.518. The highest BCUT2D eigenvalue weighted by Gasteiger charge is 2.15. The highest BCUT2D eigenvalue weighted by Crippen LogP contribution is 2.27. The molecule has 0 radical (unpaired) electrons. The van der Waals surface area contributed by atoms with Crippen molar-refractivity contribution in [1.29, 1.82) is 0 Å². The quantitative estimate of drug-likeness (QED) is 0.862. The van der Waals surface area contributed by atoms with Crippen molar-refractivity contribution < 1.29 is 8.78 Å². The predicted octanol–water partition coefficient (Wildman–Crippen LogP) is 4.54. The molecule has 0 fully saturated rings. The number of benzene rings is 2. The van der Waals surface area contributed by atoms with Gasteiger partial charge in [-0.25, -0.2) is 8.78 Å². The molecule has 1 nitrogen and oxygen atoms in total. The highest BCUT2D eigenvalue weighted by atomic mass is 79.9. The summed E-state index contributed by atoms with van der Waals surface area (Å²) in [5, 5.41) is 3.20. The first kappa shape index (κ1) is 15.1. The Bertz CT molecular complexity index is 613. The van der Waals surface area contributed by atoms with Crippen LogP contribution in [0.4, 0.5) is 8.78 Å². The van der Waals surface area contributed by atoms with E-state index in [1.165, 1.54) is 18.2 Å². The van der Waals surface area contributed by atoms with Crippen molar-refractivity contribution in [3.8, 4) is 0 Å². The van der Waals surface area contributed by atoms with Crippen molar-refractivity contribution in [2.45, 2.75) is 19.4 Å². The molecule has 0 amide bonds. The number of rotatable bonds is 4. The van der Waals surface area contributed by atoms with E-state index in [-0.39, 0.29) is 17.7 Å². The summed E-state index contributed by atoms with van der Waals surface area (Å²) >= 11 is 3.38. The molecule has 0 heterocycles. The Kier molecular flexibility index (Phi) is 4.89. The Morgan fingerprint density at radius 3 is 2.40 bits per heavy atom. The first-order valence-electron chi connectivity index (χ1n) is 6.38. The van der Waals surface area contributed by atoms with Crippen molar-refractivity contribution in [3.05, 3.63) is 69.2 Å². The van der Waals surface area contributed by atoms with Gasteiger partial charge in [0.2, 0.25) is 0 Å². The largest absolute Gasteiger partial charge is 0.313 e. The summed E-state index contributed by atoms with van der Waals surface area (Å²) in [6.45, 7) is 1.96. The fraction of sp³-hybridized carbons (Fsp3) is 0.250. The zero-order valence-corrected chi connectivity index (χ0v) is 13.0. The molecule has 2 aromatic rings. The molecule has 0 saturated carbocycles. The van der Waals surface area contributed by atoms with Crippen molar-refractivity contribution in [2.75, 3.05) is 7.05 Å². The van der Waals surface area contributed by atoms with Crippen LogP contribution < -0.4 is 5.32 Å². The van der Waals surface area contributed by atoms with E-state index in [0.717, 1.165) is 16.7 Å². The summed E-state index contributed by atoms with van der Waals surface area (Å²) in [6.07, 6.45) is 0.643. The van der Waals surface area contributed by atoms with Crippen LogP contribution in [-0.4, -0.2) is 7.05 Å². The van der Waals surface area contributed by atoms with Gasteiger partial charge in [0.1, 0.15) is 11.6 Å². The molecule has 1 unspecified atom stereocenters. The second kappa shape index (κ2) is 6.46. The molecule has 0 saturated heterocycles. The Morgan fingerprint density at radius 2 is 1.75 bits per heavy atom. The van der Waals surface area contributed by atoms with Crippen LogP contribution in [0.3, 0.4) is 0 Å². The van der Waals surface area contributed by atoms with Gasteiger partial charge >= 0.3 is 0 Å². The number of nitrogens with one attached hydrogen (secondary N) is 1. The van der Waals surface area contributed by atoms with Gasteiger partial charge in [0.25, 0.3) is 0 Å². The van der Waals surface area contributed by atoms with E-state index in [9.17, 15) is 8.78 Å². The van der Waals surface area contributed by atoms with Crippen LogP contribution in [0.1, 0.15) is 22.7 Å². The number of aryl methyl sites for hydroxylation is 1.